The summed E-state index contributed by atoms with van der Waals surface area (Å²) in [5.41, 5.74) is 4.60. The summed E-state index contributed by atoms with van der Waals surface area (Å²) in [4.78, 5) is 0. The van der Waals surface area contributed by atoms with Crippen LogP contribution in [0.4, 0.5) is 13.2 Å². The van der Waals surface area contributed by atoms with Crippen molar-refractivity contribution in [3.05, 3.63) is 28.2 Å². The van der Waals surface area contributed by atoms with Crippen LogP contribution in [-0.2, 0) is 0 Å². The van der Waals surface area contributed by atoms with Crippen LogP contribution in [0, 0.1) is 0 Å². The van der Waals surface area contributed by atoms with Gasteiger partial charge in [0.25, 0.3) is 0 Å². The fraction of sp³-hybridized carbons (Fsp3) is 0.250. The highest BCUT2D eigenvalue weighted by Gasteiger charge is 2.39. The molecule has 1 rings (SSSR count). The van der Waals surface area contributed by atoms with Gasteiger partial charge in [-0.05, 0) is 22.0 Å². The molecular weight excluding hydrogens is 298 g/mol. The van der Waals surface area contributed by atoms with Crippen LogP contribution in [0.15, 0.2) is 22.7 Å². The zero-order valence-corrected chi connectivity index (χ0v) is 9.66. The van der Waals surface area contributed by atoms with Gasteiger partial charge in [-0.3, -0.25) is 0 Å². The van der Waals surface area contributed by atoms with Crippen molar-refractivity contribution in [2.45, 2.75) is 12.2 Å². The molecule has 0 fully saturated rings. The molecule has 0 heterocycles. The summed E-state index contributed by atoms with van der Waals surface area (Å²) in [5, 5.41) is 9.30. The molecule has 1 aromatic rings. The third-order valence-electron chi connectivity index (χ3n) is 1.71. The van der Waals surface area contributed by atoms with Gasteiger partial charge in [0, 0.05) is 5.56 Å². The maximum Gasteiger partial charge on any atom is 0.407 e. The number of hydrogen-bond acceptors (Lipinski definition) is 2. The van der Waals surface area contributed by atoms with Gasteiger partial charge in [0.1, 0.15) is 11.8 Å². The topological polar surface area (TPSA) is 46.2 Å². The summed E-state index contributed by atoms with van der Waals surface area (Å²) in [5.74, 6) is -0.475. The Bertz CT molecular complexity index is 345. The molecule has 0 aliphatic rings. The Kier molecular flexibility index (Phi) is 4.89. The van der Waals surface area contributed by atoms with Crippen molar-refractivity contribution in [1.82, 2.24) is 0 Å². The van der Waals surface area contributed by atoms with Gasteiger partial charge in [-0.1, -0.05) is 12.1 Å². The fourth-order valence-electron chi connectivity index (χ4n) is 0.959. The first-order valence-electron chi connectivity index (χ1n) is 3.63. The second-order valence-corrected chi connectivity index (χ2v) is 3.55. The number of para-hydroxylation sites is 1. The van der Waals surface area contributed by atoms with E-state index in [1.165, 1.54) is 12.1 Å². The molecule has 0 saturated carbocycles. The summed E-state index contributed by atoms with van der Waals surface area (Å²) in [6.07, 6.45) is -4.56. The maximum atomic E-state index is 12.2. The van der Waals surface area contributed by atoms with E-state index in [4.69, 9.17) is 5.73 Å². The molecule has 0 aromatic heterocycles. The number of nitrogens with two attached hydrogens (primary N) is 1. The Hall–Kier alpha value is -0.460. The second-order valence-electron chi connectivity index (χ2n) is 2.70. The Balaban J connectivity index is 0.00000196. The van der Waals surface area contributed by atoms with Gasteiger partial charge >= 0.3 is 6.18 Å². The maximum absolute atomic E-state index is 12.2. The van der Waals surface area contributed by atoms with Gasteiger partial charge in [-0.25, -0.2) is 0 Å². The summed E-state index contributed by atoms with van der Waals surface area (Å²) in [7, 11) is 0. The first-order chi connectivity index (χ1) is 6.34. The minimum absolute atomic E-state index is 0. The summed E-state index contributed by atoms with van der Waals surface area (Å²) >= 11 is 2.91. The van der Waals surface area contributed by atoms with Crippen molar-refractivity contribution in [1.29, 1.82) is 0 Å². The molecule has 0 unspecified atom stereocenters. The van der Waals surface area contributed by atoms with Crippen LogP contribution in [0.5, 0.6) is 5.75 Å². The Morgan fingerprint density at radius 2 is 1.87 bits per heavy atom. The number of benzene rings is 1. The van der Waals surface area contributed by atoms with E-state index in [0.29, 0.717) is 0 Å². The highest BCUT2D eigenvalue weighted by Crippen LogP contribution is 2.37. The highest BCUT2D eigenvalue weighted by molar-refractivity contribution is 9.10. The van der Waals surface area contributed by atoms with Gasteiger partial charge in [-0.15, -0.1) is 12.4 Å². The van der Waals surface area contributed by atoms with Crippen molar-refractivity contribution in [2.75, 3.05) is 0 Å². The molecule has 1 atom stereocenters. The van der Waals surface area contributed by atoms with Crippen molar-refractivity contribution in [3.63, 3.8) is 0 Å². The van der Waals surface area contributed by atoms with Crippen molar-refractivity contribution < 1.29 is 18.3 Å². The SMILES string of the molecule is Cl.N[C@@H](c1cccc(Br)c1O)C(F)(F)F. The monoisotopic (exact) mass is 305 g/mol. The number of phenols is 1. The van der Waals surface area contributed by atoms with E-state index in [1.54, 1.807) is 0 Å². The van der Waals surface area contributed by atoms with Crippen LogP contribution < -0.4 is 5.73 Å². The molecule has 0 bridgehead atoms. The van der Waals surface area contributed by atoms with Crippen LogP contribution in [-0.4, -0.2) is 11.3 Å². The average Bonchev–Trinajstić information content (AvgIpc) is 2.07. The largest absolute Gasteiger partial charge is 0.506 e. The quantitative estimate of drug-likeness (QED) is 0.837. The minimum atomic E-state index is -4.56. The molecule has 15 heavy (non-hydrogen) atoms. The minimum Gasteiger partial charge on any atom is -0.506 e. The standard InChI is InChI=1S/C8H7BrF3NO.ClH/c9-5-3-1-2-4(6(5)14)7(13)8(10,11)12;/h1-3,7,14H,13H2;1H/t7-;/m0./s1. The van der Waals surface area contributed by atoms with Crippen molar-refractivity contribution in [3.8, 4) is 5.75 Å². The van der Waals surface area contributed by atoms with E-state index in [1.807, 2.05) is 0 Å². The first-order valence-corrected chi connectivity index (χ1v) is 4.43. The first kappa shape index (κ1) is 14.5. The summed E-state index contributed by atoms with van der Waals surface area (Å²) in [6, 6.07) is 1.78. The number of halogens is 5. The van der Waals surface area contributed by atoms with E-state index in [0.717, 1.165) is 6.07 Å². The zero-order chi connectivity index (χ0) is 10.9. The molecule has 86 valence electrons. The molecule has 2 nitrogen and oxygen atoms in total. The lowest BCUT2D eigenvalue weighted by Crippen LogP contribution is -2.28. The Morgan fingerprint density at radius 3 is 2.33 bits per heavy atom. The predicted molar refractivity (Wildman–Crippen MR) is 56.0 cm³/mol. The highest BCUT2D eigenvalue weighted by atomic mass is 79.9. The molecule has 0 aliphatic heterocycles. The molecule has 0 amide bonds. The third-order valence-corrected chi connectivity index (χ3v) is 2.35. The predicted octanol–water partition coefficient (Wildman–Crippen LogP) is 3.14. The molecule has 0 radical (unpaired) electrons. The van der Waals surface area contributed by atoms with Crippen LogP contribution >= 0.6 is 28.3 Å². The molecule has 0 aliphatic carbocycles. The van der Waals surface area contributed by atoms with Gasteiger partial charge in [0.2, 0.25) is 0 Å². The molecule has 0 spiro atoms. The Labute approximate surface area is 98.8 Å². The molecule has 1 aromatic carbocycles. The van der Waals surface area contributed by atoms with Crippen molar-refractivity contribution >= 4 is 28.3 Å². The summed E-state index contributed by atoms with van der Waals surface area (Å²) in [6.45, 7) is 0. The van der Waals surface area contributed by atoms with E-state index in [2.05, 4.69) is 15.9 Å². The number of hydrogen-bond donors (Lipinski definition) is 2. The van der Waals surface area contributed by atoms with Gasteiger partial charge in [-0.2, -0.15) is 13.2 Å². The summed E-state index contributed by atoms with van der Waals surface area (Å²) < 4.78 is 36.8. The molecule has 3 N–H and O–H groups in total. The number of aromatic hydroxyl groups is 1. The lowest BCUT2D eigenvalue weighted by atomic mass is 10.1. The molecule has 0 saturated heterocycles. The van der Waals surface area contributed by atoms with E-state index >= 15 is 0 Å². The van der Waals surface area contributed by atoms with Crippen LogP contribution in [0.3, 0.4) is 0 Å². The average molecular weight is 307 g/mol. The van der Waals surface area contributed by atoms with Crippen molar-refractivity contribution in [2.24, 2.45) is 5.73 Å². The van der Waals surface area contributed by atoms with Crippen LogP contribution in [0.1, 0.15) is 11.6 Å². The zero-order valence-electron chi connectivity index (χ0n) is 7.25. The van der Waals surface area contributed by atoms with Gasteiger partial charge in [0.15, 0.2) is 0 Å². The van der Waals surface area contributed by atoms with Crippen LogP contribution in [0.2, 0.25) is 0 Å². The fourth-order valence-corrected chi connectivity index (χ4v) is 1.34. The Morgan fingerprint density at radius 1 is 1.33 bits per heavy atom. The second kappa shape index (κ2) is 5.05. The van der Waals surface area contributed by atoms with Gasteiger partial charge < -0.3 is 10.8 Å². The molecule has 7 heteroatoms. The lowest BCUT2D eigenvalue weighted by Gasteiger charge is -2.17. The smallest absolute Gasteiger partial charge is 0.407 e. The van der Waals surface area contributed by atoms with E-state index in [-0.39, 0.29) is 22.4 Å². The lowest BCUT2D eigenvalue weighted by molar-refractivity contribution is -0.149. The third kappa shape index (κ3) is 3.25. The van der Waals surface area contributed by atoms with Crippen LogP contribution in [0.25, 0.3) is 0 Å². The number of alkyl halides is 3. The molecular formula is C8H8BrClF3NO. The number of phenolic OH excluding ortho intramolecular Hbond substituents is 1. The normalized spacial score (nSPS) is 13.1. The van der Waals surface area contributed by atoms with E-state index in [9.17, 15) is 18.3 Å². The van der Waals surface area contributed by atoms with Gasteiger partial charge in [0.05, 0.1) is 4.47 Å². The number of rotatable bonds is 1. The van der Waals surface area contributed by atoms with E-state index < -0.39 is 18.0 Å².